The van der Waals surface area contributed by atoms with Crippen molar-refractivity contribution in [3.8, 4) is 17.0 Å². The van der Waals surface area contributed by atoms with Crippen molar-refractivity contribution >= 4 is 22.6 Å². The van der Waals surface area contributed by atoms with Crippen molar-refractivity contribution in [3.63, 3.8) is 0 Å². The molecule has 0 radical (unpaired) electrons. The molecule has 1 aromatic heterocycles. The molecule has 3 rings (SSSR count). The Morgan fingerprint density at radius 1 is 1.11 bits per heavy atom. The molecule has 3 aromatic rings. The normalized spacial score (nSPS) is 10.4. The quantitative estimate of drug-likeness (QED) is 0.413. The van der Waals surface area contributed by atoms with E-state index in [0.29, 0.717) is 31.8 Å². The third-order valence-corrected chi connectivity index (χ3v) is 4.36. The predicted octanol–water partition coefficient (Wildman–Crippen LogP) is 0.127. The van der Waals surface area contributed by atoms with E-state index < -0.39 is 0 Å². The average Bonchev–Trinajstić information content (AvgIpc) is 2.69. The van der Waals surface area contributed by atoms with Crippen LogP contribution in [0.25, 0.3) is 22.0 Å². The molecule has 7 heteroatoms. The van der Waals surface area contributed by atoms with Gasteiger partial charge in [0.25, 0.3) is 0 Å². The standard InChI is InChI=1S/C21H24N3O3.BrH/c1-3-27-19(25)9-6-14-24-20(15-10-12-16(26-2)13-11-15)17-7-4-5-8-18(17)21(22)23-24;/h4-5,7-8,10-13H,3,6,9,14H2,1-2H3,(H2,22,23);1H/q+1;/p-1. The maximum absolute atomic E-state index is 11.6. The molecule has 2 aromatic carbocycles. The van der Waals surface area contributed by atoms with Crippen LogP contribution < -0.4 is 32.1 Å². The molecule has 0 aliphatic heterocycles. The van der Waals surface area contributed by atoms with Crippen LogP contribution in [0.3, 0.4) is 0 Å². The summed E-state index contributed by atoms with van der Waals surface area (Å²) in [5.41, 5.74) is 8.16. The highest BCUT2D eigenvalue weighted by molar-refractivity contribution is 5.98. The van der Waals surface area contributed by atoms with Gasteiger partial charge in [0.05, 0.1) is 25.5 Å². The van der Waals surface area contributed by atoms with Crippen LogP contribution in [-0.4, -0.2) is 24.8 Å². The number of hydrogen-bond donors (Lipinski definition) is 1. The first-order chi connectivity index (χ1) is 13.1. The highest BCUT2D eigenvalue weighted by Gasteiger charge is 2.22. The van der Waals surface area contributed by atoms with Crippen LogP contribution in [0, 0.1) is 0 Å². The Balaban J connectivity index is 0.00000280. The summed E-state index contributed by atoms with van der Waals surface area (Å²) >= 11 is 0. The summed E-state index contributed by atoms with van der Waals surface area (Å²) in [5, 5.41) is 6.50. The van der Waals surface area contributed by atoms with Crippen molar-refractivity contribution in [2.75, 3.05) is 19.5 Å². The lowest BCUT2D eigenvalue weighted by Crippen LogP contribution is -3.00. The number of rotatable bonds is 7. The highest BCUT2D eigenvalue weighted by atomic mass is 79.9. The predicted molar refractivity (Wildman–Crippen MR) is 104 cm³/mol. The van der Waals surface area contributed by atoms with E-state index in [9.17, 15) is 4.79 Å². The lowest BCUT2D eigenvalue weighted by Gasteiger charge is -2.09. The number of esters is 1. The number of fused-ring (bicyclic) bond motifs is 1. The number of methoxy groups -OCH3 is 1. The van der Waals surface area contributed by atoms with E-state index in [1.807, 2.05) is 53.2 Å². The van der Waals surface area contributed by atoms with E-state index in [1.54, 1.807) is 14.0 Å². The van der Waals surface area contributed by atoms with Gasteiger partial charge in [-0.1, -0.05) is 22.9 Å². The number of carbonyl (C=O) groups excluding carboxylic acids is 1. The Hall–Kier alpha value is -2.67. The molecular weight excluding hydrogens is 422 g/mol. The number of nitrogens with two attached hydrogens (primary N) is 1. The zero-order valence-corrected chi connectivity index (χ0v) is 17.6. The Bertz CT molecular complexity index is 946. The number of halogens is 1. The highest BCUT2D eigenvalue weighted by Crippen LogP contribution is 2.28. The van der Waals surface area contributed by atoms with Gasteiger partial charge >= 0.3 is 5.97 Å². The minimum Gasteiger partial charge on any atom is -1.00 e. The molecular formula is C21H24BrN3O3. The molecule has 0 unspecified atom stereocenters. The van der Waals surface area contributed by atoms with Crippen molar-refractivity contribution in [2.24, 2.45) is 0 Å². The van der Waals surface area contributed by atoms with Crippen LogP contribution in [0.1, 0.15) is 19.8 Å². The molecule has 0 aliphatic carbocycles. The second-order valence-corrected chi connectivity index (χ2v) is 6.14. The molecule has 148 valence electrons. The summed E-state index contributed by atoms with van der Waals surface area (Å²) < 4.78 is 12.1. The smallest absolute Gasteiger partial charge is 0.306 e. The van der Waals surface area contributed by atoms with Crippen LogP contribution in [0.4, 0.5) is 5.82 Å². The number of aromatic nitrogens is 2. The number of hydrogen-bond acceptors (Lipinski definition) is 5. The molecule has 2 N–H and O–H groups in total. The van der Waals surface area contributed by atoms with E-state index in [-0.39, 0.29) is 23.0 Å². The summed E-state index contributed by atoms with van der Waals surface area (Å²) in [7, 11) is 1.64. The van der Waals surface area contributed by atoms with Crippen molar-refractivity contribution in [3.05, 3.63) is 48.5 Å². The van der Waals surface area contributed by atoms with Gasteiger partial charge in [-0.2, -0.15) is 0 Å². The average molecular weight is 446 g/mol. The number of benzene rings is 2. The lowest BCUT2D eigenvalue weighted by atomic mass is 10.0. The fourth-order valence-corrected chi connectivity index (χ4v) is 3.11. The SMILES string of the molecule is CCOC(=O)CCC[n+]1nc(N)c2ccccc2c1-c1ccc(OC)cc1.[Br-]. The zero-order chi connectivity index (χ0) is 19.2. The van der Waals surface area contributed by atoms with Crippen molar-refractivity contribution < 1.29 is 35.9 Å². The molecule has 1 heterocycles. The Kier molecular flexibility index (Phi) is 7.75. The van der Waals surface area contributed by atoms with Gasteiger partial charge in [0.15, 0.2) is 12.4 Å². The lowest BCUT2D eigenvalue weighted by molar-refractivity contribution is -0.741. The van der Waals surface area contributed by atoms with E-state index in [1.165, 1.54) is 0 Å². The maximum Gasteiger partial charge on any atom is 0.306 e. The molecule has 0 spiro atoms. The number of carbonyl (C=O) groups is 1. The second-order valence-electron chi connectivity index (χ2n) is 6.14. The summed E-state index contributed by atoms with van der Waals surface area (Å²) in [6.45, 7) is 2.76. The number of anilines is 1. The molecule has 6 nitrogen and oxygen atoms in total. The maximum atomic E-state index is 11.6. The topological polar surface area (TPSA) is 78.3 Å². The van der Waals surface area contributed by atoms with Gasteiger partial charge in [-0.05, 0) is 37.3 Å². The molecule has 0 fully saturated rings. The van der Waals surface area contributed by atoms with Gasteiger partial charge in [-0.25, -0.2) is 0 Å². The third kappa shape index (κ3) is 4.78. The van der Waals surface area contributed by atoms with E-state index in [0.717, 1.165) is 27.8 Å². The number of nitrogens with zero attached hydrogens (tertiary/aromatic N) is 2. The Labute approximate surface area is 175 Å². The summed E-state index contributed by atoms with van der Waals surface area (Å²) in [4.78, 5) is 11.6. The Morgan fingerprint density at radius 2 is 1.79 bits per heavy atom. The minimum absolute atomic E-state index is 0. The minimum atomic E-state index is -0.196. The first kappa shape index (κ1) is 21.6. The third-order valence-electron chi connectivity index (χ3n) is 4.36. The van der Waals surface area contributed by atoms with Gasteiger partial charge in [-0.3, -0.25) is 4.79 Å². The first-order valence-electron chi connectivity index (χ1n) is 9.02. The first-order valence-corrected chi connectivity index (χ1v) is 9.02. The zero-order valence-electron chi connectivity index (χ0n) is 16.0. The molecule has 0 saturated heterocycles. The largest absolute Gasteiger partial charge is 1.00 e. The van der Waals surface area contributed by atoms with E-state index in [4.69, 9.17) is 15.2 Å². The van der Waals surface area contributed by atoms with Crippen LogP contribution in [0.5, 0.6) is 5.75 Å². The van der Waals surface area contributed by atoms with Crippen LogP contribution in [0.2, 0.25) is 0 Å². The van der Waals surface area contributed by atoms with Crippen LogP contribution in [0.15, 0.2) is 48.5 Å². The van der Waals surface area contributed by atoms with Crippen LogP contribution in [-0.2, 0) is 16.1 Å². The molecule has 0 amide bonds. The molecule has 0 aliphatic rings. The van der Waals surface area contributed by atoms with E-state index >= 15 is 0 Å². The van der Waals surface area contributed by atoms with Gasteiger partial charge in [-0.15, -0.1) is 0 Å². The number of ether oxygens (including phenoxy) is 2. The molecule has 0 atom stereocenters. The van der Waals surface area contributed by atoms with Crippen molar-refractivity contribution in [1.82, 2.24) is 5.10 Å². The molecule has 28 heavy (non-hydrogen) atoms. The second kappa shape index (κ2) is 10.0. The monoisotopic (exact) mass is 445 g/mol. The summed E-state index contributed by atoms with van der Waals surface area (Å²) in [6, 6.07) is 15.8. The summed E-state index contributed by atoms with van der Waals surface area (Å²) in [6.07, 6.45) is 0.967. The van der Waals surface area contributed by atoms with Crippen molar-refractivity contribution in [1.29, 1.82) is 0 Å². The van der Waals surface area contributed by atoms with Crippen molar-refractivity contribution in [2.45, 2.75) is 26.3 Å². The van der Waals surface area contributed by atoms with Gasteiger partial charge in [0, 0.05) is 22.5 Å². The number of nitrogen functional groups attached to an aromatic ring is 1. The van der Waals surface area contributed by atoms with Gasteiger partial charge in [0.1, 0.15) is 5.75 Å². The summed E-state index contributed by atoms with van der Waals surface area (Å²) in [5.74, 6) is 1.07. The number of aryl methyl sites for hydroxylation is 1. The van der Waals surface area contributed by atoms with Gasteiger partial charge < -0.3 is 32.2 Å². The molecule has 0 bridgehead atoms. The van der Waals surface area contributed by atoms with Crippen LogP contribution >= 0.6 is 0 Å². The Morgan fingerprint density at radius 3 is 2.43 bits per heavy atom. The fourth-order valence-electron chi connectivity index (χ4n) is 3.11. The fraction of sp³-hybridized carbons (Fsp3) is 0.286. The molecule has 0 saturated carbocycles. The van der Waals surface area contributed by atoms with E-state index in [2.05, 4.69) is 5.10 Å². The van der Waals surface area contributed by atoms with Gasteiger partial charge in [0.2, 0.25) is 5.69 Å².